The average Bonchev–Trinajstić information content (AvgIpc) is 2.57. The van der Waals surface area contributed by atoms with Crippen LogP contribution in [-0.4, -0.2) is 32.7 Å². The summed E-state index contributed by atoms with van der Waals surface area (Å²) in [5.41, 5.74) is 0.563. The number of rotatable bonds is 8. The Morgan fingerprint density at radius 2 is 1.70 bits per heavy atom. The highest BCUT2D eigenvalue weighted by atomic mass is 19.1. The third-order valence-electron chi connectivity index (χ3n) is 3.02. The van der Waals surface area contributed by atoms with Gasteiger partial charge in [-0.15, -0.1) is 0 Å². The second-order valence-corrected chi connectivity index (χ2v) is 4.76. The SMILES string of the molecule is COc1ccc(OCCNCC(=O)Nc2ccc(F)cc2)cc1. The summed E-state index contributed by atoms with van der Waals surface area (Å²) < 4.78 is 23.3. The van der Waals surface area contributed by atoms with Crippen molar-refractivity contribution in [3.05, 3.63) is 54.3 Å². The van der Waals surface area contributed by atoms with Crippen LogP contribution in [0.5, 0.6) is 11.5 Å². The lowest BCUT2D eigenvalue weighted by Crippen LogP contribution is -2.31. The third kappa shape index (κ3) is 5.96. The van der Waals surface area contributed by atoms with Crippen LogP contribution < -0.4 is 20.1 Å². The van der Waals surface area contributed by atoms with Gasteiger partial charge in [0.1, 0.15) is 23.9 Å². The maximum absolute atomic E-state index is 12.7. The number of anilines is 1. The van der Waals surface area contributed by atoms with Crippen LogP contribution in [0, 0.1) is 5.82 Å². The minimum atomic E-state index is -0.336. The Morgan fingerprint density at radius 3 is 2.35 bits per heavy atom. The highest BCUT2D eigenvalue weighted by Gasteiger charge is 2.02. The van der Waals surface area contributed by atoms with Gasteiger partial charge in [-0.25, -0.2) is 4.39 Å². The van der Waals surface area contributed by atoms with E-state index < -0.39 is 0 Å². The summed E-state index contributed by atoms with van der Waals surface area (Å²) in [5, 5.41) is 5.64. The largest absolute Gasteiger partial charge is 0.497 e. The Balaban J connectivity index is 1.61. The molecule has 2 rings (SSSR count). The van der Waals surface area contributed by atoms with Crippen molar-refractivity contribution >= 4 is 11.6 Å². The molecule has 0 bridgehead atoms. The molecule has 2 aromatic rings. The summed E-state index contributed by atoms with van der Waals surface area (Å²) >= 11 is 0. The second kappa shape index (κ2) is 8.75. The molecule has 0 aliphatic heterocycles. The maximum atomic E-state index is 12.7. The quantitative estimate of drug-likeness (QED) is 0.734. The third-order valence-corrected chi connectivity index (χ3v) is 3.02. The van der Waals surface area contributed by atoms with Gasteiger partial charge in [0.25, 0.3) is 0 Å². The highest BCUT2D eigenvalue weighted by Crippen LogP contribution is 2.16. The molecule has 1 amide bonds. The molecule has 0 fully saturated rings. The monoisotopic (exact) mass is 318 g/mol. The summed E-state index contributed by atoms with van der Waals surface area (Å²) in [7, 11) is 1.61. The van der Waals surface area contributed by atoms with Crippen molar-refractivity contribution in [1.29, 1.82) is 0 Å². The number of halogens is 1. The molecule has 0 aliphatic carbocycles. The number of carbonyl (C=O) groups is 1. The molecule has 0 spiro atoms. The lowest BCUT2D eigenvalue weighted by atomic mass is 10.3. The number of nitrogens with one attached hydrogen (secondary N) is 2. The number of hydrogen-bond acceptors (Lipinski definition) is 4. The van der Waals surface area contributed by atoms with E-state index in [1.165, 1.54) is 24.3 Å². The number of amides is 1. The van der Waals surface area contributed by atoms with E-state index in [1.807, 2.05) is 24.3 Å². The number of methoxy groups -OCH3 is 1. The summed E-state index contributed by atoms with van der Waals surface area (Å²) in [4.78, 5) is 11.7. The van der Waals surface area contributed by atoms with E-state index in [2.05, 4.69) is 10.6 Å². The Bertz CT molecular complexity index is 615. The predicted octanol–water partition coefficient (Wildman–Crippen LogP) is 2.44. The molecule has 0 atom stereocenters. The first-order chi connectivity index (χ1) is 11.2. The van der Waals surface area contributed by atoms with Gasteiger partial charge < -0.3 is 20.1 Å². The molecule has 5 nitrogen and oxygen atoms in total. The van der Waals surface area contributed by atoms with Crippen LogP contribution in [0.4, 0.5) is 10.1 Å². The molecule has 0 saturated heterocycles. The van der Waals surface area contributed by atoms with E-state index in [1.54, 1.807) is 7.11 Å². The average molecular weight is 318 g/mol. The molecule has 0 aliphatic rings. The molecule has 23 heavy (non-hydrogen) atoms. The number of benzene rings is 2. The second-order valence-electron chi connectivity index (χ2n) is 4.76. The zero-order valence-electron chi connectivity index (χ0n) is 12.8. The Morgan fingerprint density at radius 1 is 1.04 bits per heavy atom. The zero-order valence-corrected chi connectivity index (χ0v) is 12.8. The molecular weight excluding hydrogens is 299 g/mol. The van der Waals surface area contributed by atoms with Crippen molar-refractivity contribution in [2.24, 2.45) is 0 Å². The van der Waals surface area contributed by atoms with E-state index in [0.29, 0.717) is 18.8 Å². The van der Waals surface area contributed by atoms with Gasteiger partial charge in [-0.1, -0.05) is 0 Å². The first kappa shape index (κ1) is 16.8. The molecule has 122 valence electrons. The van der Waals surface area contributed by atoms with E-state index in [4.69, 9.17) is 9.47 Å². The molecule has 0 heterocycles. The minimum Gasteiger partial charge on any atom is -0.497 e. The van der Waals surface area contributed by atoms with E-state index in [0.717, 1.165) is 11.5 Å². The fourth-order valence-corrected chi connectivity index (χ4v) is 1.85. The van der Waals surface area contributed by atoms with Crippen LogP contribution in [0.2, 0.25) is 0 Å². The van der Waals surface area contributed by atoms with Crippen molar-refractivity contribution in [3.63, 3.8) is 0 Å². The van der Waals surface area contributed by atoms with Crippen molar-refractivity contribution in [3.8, 4) is 11.5 Å². The molecule has 0 unspecified atom stereocenters. The topological polar surface area (TPSA) is 59.6 Å². The van der Waals surface area contributed by atoms with Gasteiger partial charge >= 0.3 is 0 Å². The van der Waals surface area contributed by atoms with Gasteiger partial charge in [0, 0.05) is 12.2 Å². The Kier molecular flexibility index (Phi) is 6.38. The van der Waals surface area contributed by atoms with Gasteiger partial charge in [0.05, 0.1) is 13.7 Å². The number of hydrogen-bond donors (Lipinski definition) is 2. The van der Waals surface area contributed by atoms with E-state index >= 15 is 0 Å². The molecule has 0 aromatic heterocycles. The van der Waals surface area contributed by atoms with E-state index in [-0.39, 0.29) is 18.3 Å². The zero-order chi connectivity index (χ0) is 16.5. The Labute approximate surface area is 134 Å². The van der Waals surface area contributed by atoms with Crippen LogP contribution in [0.25, 0.3) is 0 Å². The van der Waals surface area contributed by atoms with Crippen molar-refractivity contribution in [2.75, 3.05) is 32.1 Å². The van der Waals surface area contributed by atoms with Crippen molar-refractivity contribution < 1.29 is 18.7 Å². The first-order valence-corrected chi connectivity index (χ1v) is 7.20. The normalized spacial score (nSPS) is 10.2. The van der Waals surface area contributed by atoms with Crippen LogP contribution >= 0.6 is 0 Å². The molecule has 6 heteroatoms. The van der Waals surface area contributed by atoms with Crippen LogP contribution in [0.1, 0.15) is 0 Å². The summed E-state index contributed by atoms with van der Waals surface area (Å²) in [6.45, 7) is 1.13. The molecular formula is C17H19FN2O3. The van der Waals surface area contributed by atoms with Crippen LogP contribution in [-0.2, 0) is 4.79 Å². The smallest absolute Gasteiger partial charge is 0.238 e. The fourth-order valence-electron chi connectivity index (χ4n) is 1.85. The van der Waals surface area contributed by atoms with E-state index in [9.17, 15) is 9.18 Å². The minimum absolute atomic E-state index is 0.156. The summed E-state index contributed by atoms with van der Waals surface area (Å²) in [6, 6.07) is 12.9. The number of ether oxygens (including phenoxy) is 2. The summed E-state index contributed by atoms with van der Waals surface area (Å²) in [5.74, 6) is 0.981. The van der Waals surface area contributed by atoms with Gasteiger partial charge in [-0.3, -0.25) is 4.79 Å². The molecule has 0 saturated carbocycles. The van der Waals surface area contributed by atoms with Gasteiger partial charge in [-0.05, 0) is 48.5 Å². The van der Waals surface area contributed by atoms with Crippen LogP contribution in [0.15, 0.2) is 48.5 Å². The molecule has 2 N–H and O–H groups in total. The maximum Gasteiger partial charge on any atom is 0.238 e. The Hall–Kier alpha value is -2.60. The molecule has 0 radical (unpaired) electrons. The predicted molar refractivity (Wildman–Crippen MR) is 86.4 cm³/mol. The first-order valence-electron chi connectivity index (χ1n) is 7.20. The lowest BCUT2D eigenvalue weighted by Gasteiger charge is -2.09. The lowest BCUT2D eigenvalue weighted by molar-refractivity contribution is -0.115. The standard InChI is InChI=1S/C17H19FN2O3/c1-22-15-6-8-16(9-7-15)23-11-10-19-12-17(21)20-14-4-2-13(18)3-5-14/h2-9,19H,10-12H2,1H3,(H,20,21). The fraction of sp³-hybridized carbons (Fsp3) is 0.235. The van der Waals surface area contributed by atoms with Crippen molar-refractivity contribution in [2.45, 2.75) is 0 Å². The van der Waals surface area contributed by atoms with Gasteiger partial charge in [0.15, 0.2) is 0 Å². The molecule has 2 aromatic carbocycles. The van der Waals surface area contributed by atoms with Crippen molar-refractivity contribution in [1.82, 2.24) is 5.32 Å². The van der Waals surface area contributed by atoms with Crippen LogP contribution in [0.3, 0.4) is 0 Å². The number of carbonyl (C=O) groups excluding carboxylic acids is 1. The van der Waals surface area contributed by atoms with Gasteiger partial charge in [-0.2, -0.15) is 0 Å². The van der Waals surface area contributed by atoms with Gasteiger partial charge in [0.2, 0.25) is 5.91 Å². The summed E-state index contributed by atoms with van der Waals surface area (Å²) in [6.07, 6.45) is 0. The highest BCUT2D eigenvalue weighted by molar-refractivity contribution is 5.92.